The quantitative estimate of drug-likeness (QED) is 0.463. The van der Waals surface area contributed by atoms with Crippen LogP contribution in [0.15, 0.2) is 78.9 Å². The van der Waals surface area contributed by atoms with Crippen LogP contribution in [0.4, 0.5) is 4.39 Å². The van der Waals surface area contributed by atoms with Crippen LogP contribution in [0.1, 0.15) is 11.1 Å². The van der Waals surface area contributed by atoms with Crippen molar-refractivity contribution in [3.63, 3.8) is 0 Å². The molecular weight excluding hydrogens is 369 g/mol. The summed E-state index contributed by atoms with van der Waals surface area (Å²) in [6.07, 6.45) is 0.851. The van der Waals surface area contributed by atoms with Crippen LogP contribution < -0.4 is 10.1 Å². The zero-order valence-corrected chi connectivity index (χ0v) is 15.7. The third-order valence-electron chi connectivity index (χ3n) is 4.41. The Balaban J connectivity index is 1.30. The van der Waals surface area contributed by atoms with Crippen molar-refractivity contribution in [3.8, 4) is 17.4 Å². The normalized spacial score (nSPS) is 10.8. The third kappa shape index (κ3) is 5.03. The summed E-state index contributed by atoms with van der Waals surface area (Å²) in [6, 6.07) is 24.3. The molecule has 1 heterocycles. The van der Waals surface area contributed by atoms with Gasteiger partial charge in [0.05, 0.1) is 5.69 Å². The molecule has 0 bridgehead atoms. The molecule has 146 valence electrons. The fourth-order valence-corrected chi connectivity index (χ4v) is 2.87. The van der Waals surface area contributed by atoms with Gasteiger partial charge in [-0.05, 0) is 70.9 Å². The topological polar surface area (TPSA) is 64.9 Å². The highest BCUT2D eigenvalue weighted by molar-refractivity contribution is 5.34. The van der Waals surface area contributed by atoms with Crippen molar-refractivity contribution in [3.05, 3.63) is 95.8 Å². The Morgan fingerprint density at radius 2 is 1.59 bits per heavy atom. The Labute approximate surface area is 168 Å². The minimum Gasteiger partial charge on any atom is -0.423 e. The van der Waals surface area contributed by atoms with Crippen molar-refractivity contribution < 1.29 is 9.13 Å². The molecule has 3 aromatic carbocycles. The summed E-state index contributed by atoms with van der Waals surface area (Å²) in [5, 5.41) is 15.0. The molecule has 0 amide bonds. The van der Waals surface area contributed by atoms with Gasteiger partial charge in [0.1, 0.15) is 11.6 Å². The highest BCUT2D eigenvalue weighted by atomic mass is 19.1. The van der Waals surface area contributed by atoms with Gasteiger partial charge >= 0.3 is 6.01 Å². The van der Waals surface area contributed by atoms with E-state index in [1.807, 2.05) is 66.7 Å². The minimum absolute atomic E-state index is 0.207. The standard InChI is InChI=1S/C22H20FN5O/c23-19-10-6-17(7-11-19)14-15-24-16-18-8-12-21(13-9-18)29-22-25-26-27-28(22)20-4-2-1-3-5-20/h1-13,24H,14-16H2. The lowest BCUT2D eigenvalue weighted by molar-refractivity contribution is 0.427. The molecule has 6 nitrogen and oxygen atoms in total. The van der Waals surface area contributed by atoms with Crippen molar-refractivity contribution in [2.24, 2.45) is 0 Å². The monoisotopic (exact) mass is 389 g/mol. The summed E-state index contributed by atoms with van der Waals surface area (Å²) in [5.74, 6) is 0.453. The molecule has 0 radical (unpaired) electrons. The first-order valence-electron chi connectivity index (χ1n) is 9.34. The molecular formula is C22H20FN5O. The van der Waals surface area contributed by atoms with E-state index in [2.05, 4.69) is 20.8 Å². The van der Waals surface area contributed by atoms with Gasteiger partial charge in [-0.3, -0.25) is 0 Å². The van der Waals surface area contributed by atoms with Crippen LogP contribution in [0.3, 0.4) is 0 Å². The molecule has 7 heteroatoms. The second-order valence-corrected chi connectivity index (χ2v) is 6.51. The van der Waals surface area contributed by atoms with Gasteiger partial charge in [0.15, 0.2) is 0 Å². The van der Waals surface area contributed by atoms with E-state index in [0.717, 1.165) is 36.3 Å². The molecule has 0 spiro atoms. The molecule has 1 aromatic heterocycles. The maximum atomic E-state index is 12.9. The number of nitrogens with one attached hydrogen (secondary N) is 1. The van der Waals surface area contributed by atoms with Crippen LogP contribution >= 0.6 is 0 Å². The predicted octanol–water partition coefficient (Wildman–Crippen LogP) is 3.93. The molecule has 0 aliphatic carbocycles. The Morgan fingerprint density at radius 1 is 0.862 bits per heavy atom. The number of hydrogen-bond donors (Lipinski definition) is 1. The summed E-state index contributed by atoms with van der Waals surface area (Å²) in [4.78, 5) is 0. The van der Waals surface area contributed by atoms with Crippen LogP contribution in [0, 0.1) is 5.82 Å². The van der Waals surface area contributed by atoms with Gasteiger partial charge in [0.25, 0.3) is 0 Å². The molecule has 0 saturated carbocycles. The van der Waals surface area contributed by atoms with E-state index >= 15 is 0 Å². The SMILES string of the molecule is Fc1ccc(CCNCc2ccc(Oc3nnnn3-c3ccccc3)cc2)cc1. The molecule has 4 aromatic rings. The summed E-state index contributed by atoms with van der Waals surface area (Å²) in [7, 11) is 0. The average Bonchev–Trinajstić information content (AvgIpc) is 3.22. The Kier molecular flexibility index (Phi) is 5.87. The first-order valence-corrected chi connectivity index (χ1v) is 9.34. The molecule has 0 atom stereocenters. The third-order valence-corrected chi connectivity index (χ3v) is 4.41. The predicted molar refractivity (Wildman–Crippen MR) is 107 cm³/mol. The molecule has 0 saturated heterocycles. The summed E-state index contributed by atoms with van der Waals surface area (Å²) >= 11 is 0. The van der Waals surface area contributed by atoms with Gasteiger partial charge in [0, 0.05) is 6.54 Å². The van der Waals surface area contributed by atoms with Crippen molar-refractivity contribution in [2.75, 3.05) is 6.54 Å². The zero-order valence-electron chi connectivity index (χ0n) is 15.7. The van der Waals surface area contributed by atoms with Crippen LogP contribution in [-0.4, -0.2) is 26.8 Å². The van der Waals surface area contributed by atoms with Crippen molar-refractivity contribution >= 4 is 0 Å². The Morgan fingerprint density at radius 3 is 2.34 bits per heavy atom. The average molecular weight is 389 g/mol. The van der Waals surface area contributed by atoms with E-state index in [9.17, 15) is 4.39 Å². The van der Waals surface area contributed by atoms with E-state index in [0.29, 0.717) is 11.8 Å². The number of tetrazole rings is 1. The molecule has 1 N–H and O–H groups in total. The summed E-state index contributed by atoms with van der Waals surface area (Å²) in [5.41, 5.74) is 3.08. The lowest BCUT2D eigenvalue weighted by Crippen LogP contribution is -2.16. The van der Waals surface area contributed by atoms with E-state index in [4.69, 9.17) is 4.74 Å². The minimum atomic E-state index is -0.207. The van der Waals surface area contributed by atoms with Crippen molar-refractivity contribution in [1.82, 2.24) is 25.5 Å². The largest absolute Gasteiger partial charge is 0.423 e. The van der Waals surface area contributed by atoms with E-state index in [1.165, 1.54) is 12.1 Å². The number of aromatic nitrogens is 4. The van der Waals surface area contributed by atoms with E-state index < -0.39 is 0 Å². The number of ether oxygens (including phenoxy) is 1. The van der Waals surface area contributed by atoms with E-state index in [1.54, 1.807) is 4.68 Å². The summed E-state index contributed by atoms with van der Waals surface area (Å²) in [6.45, 7) is 1.55. The first-order chi connectivity index (χ1) is 14.3. The van der Waals surface area contributed by atoms with Crippen LogP contribution in [0.2, 0.25) is 0 Å². The number of hydrogen-bond acceptors (Lipinski definition) is 5. The number of halogens is 1. The lowest BCUT2D eigenvalue weighted by Gasteiger charge is -2.08. The van der Waals surface area contributed by atoms with Crippen LogP contribution in [0.5, 0.6) is 11.8 Å². The molecule has 0 fully saturated rings. The number of rotatable bonds is 8. The lowest BCUT2D eigenvalue weighted by atomic mass is 10.1. The zero-order chi connectivity index (χ0) is 19.9. The molecule has 0 aliphatic rings. The van der Waals surface area contributed by atoms with Gasteiger partial charge in [-0.2, -0.15) is 4.68 Å². The highest BCUT2D eigenvalue weighted by Crippen LogP contribution is 2.21. The molecule has 4 rings (SSSR count). The molecule has 0 unspecified atom stereocenters. The van der Waals surface area contributed by atoms with Crippen molar-refractivity contribution in [2.45, 2.75) is 13.0 Å². The number of benzene rings is 3. The van der Waals surface area contributed by atoms with Gasteiger partial charge in [-0.15, -0.1) is 0 Å². The molecule has 0 aliphatic heterocycles. The fraction of sp³-hybridized carbons (Fsp3) is 0.136. The van der Waals surface area contributed by atoms with Crippen LogP contribution in [-0.2, 0) is 13.0 Å². The molecule has 29 heavy (non-hydrogen) atoms. The number of nitrogens with zero attached hydrogens (tertiary/aromatic N) is 4. The fourth-order valence-electron chi connectivity index (χ4n) is 2.87. The Bertz CT molecular complexity index is 1030. The van der Waals surface area contributed by atoms with Gasteiger partial charge in [-0.25, -0.2) is 4.39 Å². The maximum absolute atomic E-state index is 12.9. The Hall–Kier alpha value is -3.58. The highest BCUT2D eigenvalue weighted by Gasteiger charge is 2.10. The van der Waals surface area contributed by atoms with Gasteiger partial charge in [-0.1, -0.05) is 47.6 Å². The smallest absolute Gasteiger partial charge is 0.345 e. The van der Waals surface area contributed by atoms with Crippen molar-refractivity contribution in [1.29, 1.82) is 0 Å². The summed E-state index contributed by atoms with van der Waals surface area (Å²) < 4.78 is 20.3. The van der Waals surface area contributed by atoms with Gasteiger partial charge < -0.3 is 10.1 Å². The van der Waals surface area contributed by atoms with Gasteiger partial charge in [0.2, 0.25) is 0 Å². The number of para-hydroxylation sites is 1. The maximum Gasteiger partial charge on any atom is 0.345 e. The first kappa shape index (κ1) is 18.8. The van der Waals surface area contributed by atoms with Crippen LogP contribution in [0.25, 0.3) is 5.69 Å². The van der Waals surface area contributed by atoms with E-state index in [-0.39, 0.29) is 5.82 Å². The second kappa shape index (κ2) is 9.07. The second-order valence-electron chi connectivity index (χ2n) is 6.51.